The summed E-state index contributed by atoms with van der Waals surface area (Å²) in [6.45, 7) is 3.39. The maximum atomic E-state index is 13.4. The average molecular weight is 290 g/mol. The second-order valence-electron chi connectivity index (χ2n) is 5.14. The lowest BCUT2D eigenvalue weighted by atomic mass is 9.90. The first-order valence-electron chi connectivity index (χ1n) is 6.42. The number of rotatable bonds is 4. The number of amides is 1. The number of nitrogens with two attached hydrogens (primary N) is 1. The van der Waals surface area contributed by atoms with Crippen LogP contribution in [0.4, 0.5) is 14.5 Å². The van der Waals surface area contributed by atoms with E-state index in [9.17, 15) is 13.6 Å². The number of halogens is 2. The van der Waals surface area contributed by atoms with Crippen molar-refractivity contribution in [2.45, 2.75) is 19.4 Å². The fourth-order valence-electron chi connectivity index (χ4n) is 2.13. The molecule has 5 heteroatoms. The van der Waals surface area contributed by atoms with Crippen LogP contribution in [0.5, 0.6) is 0 Å². The Morgan fingerprint density at radius 3 is 2.29 bits per heavy atom. The molecular weight excluding hydrogens is 274 g/mol. The Morgan fingerprint density at radius 1 is 1.14 bits per heavy atom. The summed E-state index contributed by atoms with van der Waals surface area (Å²) in [5.74, 6) is -2.25. The van der Waals surface area contributed by atoms with Crippen molar-refractivity contribution in [1.82, 2.24) is 0 Å². The fourth-order valence-corrected chi connectivity index (χ4v) is 2.13. The Bertz CT molecular complexity index is 667. The van der Waals surface area contributed by atoms with E-state index < -0.39 is 23.1 Å². The van der Waals surface area contributed by atoms with Crippen molar-refractivity contribution in [2.75, 3.05) is 5.32 Å². The van der Waals surface area contributed by atoms with Gasteiger partial charge in [0.1, 0.15) is 17.2 Å². The Labute approximate surface area is 121 Å². The van der Waals surface area contributed by atoms with Crippen molar-refractivity contribution < 1.29 is 13.6 Å². The zero-order valence-electron chi connectivity index (χ0n) is 11.8. The molecule has 21 heavy (non-hydrogen) atoms. The number of hydrogen-bond acceptors (Lipinski definition) is 2. The minimum absolute atomic E-state index is 0.133. The molecule has 0 aliphatic carbocycles. The van der Waals surface area contributed by atoms with Gasteiger partial charge in [0.05, 0.1) is 0 Å². The normalized spacial score (nSPS) is 13.5. The predicted octanol–water partition coefficient (Wildman–Crippen LogP) is 3.09. The number of nitrogens with one attached hydrogen (secondary N) is 1. The molecule has 0 saturated heterocycles. The van der Waals surface area contributed by atoms with Crippen LogP contribution in [0.1, 0.15) is 18.1 Å². The van der Waals surface area contributed by atoms with E-state index in [2.05, 4.69) is 5.32 Å². The summed E-state index contributed by atoms with van der Waals surface area (Å²) in [6, 6.07) is 10.2. The van der Waals surface area contributed by atoms with Crippen LogP contribution in [0.2, 0.25) is 0 Å². The molecule has 0 radical (unpaired) electrons. The molecule has 1 amide bonds. The Balaban J connectivity index is 2.47. The predicted molar refractivity (Wildman–Crippen MR) is 77.7 cm³/mol. The average Bonchev–Trinajstić information content (AvgIpc) is 2.37. The summed E-state index contributed by atoms with van der Waals surface area (Å²) in [5.41, 5.74) is 5.78. The molecule has 110 valence electrons. The van der Waals surface area contributed by atoms with Gasteiger partial charge in [-0.05, 0) is 49.2 Å². The topological polar surface area (TPSA) is 55.1 Å². The van der Waals surface area contributed by atoms with E-state index in [0.717, 1.165) is 23.8 Å². The zero-order chi connectivity index (χ0) is 15.6. The lowest BCUT2D eigenvalue weighted by Gasteiger charge is -2.29. The van der Waals surface area contributed by atoms with Gasteiger partial charge in [-0.3, -0.25) is 4.79 Å². The van der Waals surface area contributed by atoms with Crippen molar-refractivity contribution in [1.29, 1.82) is 0 Å². The SMILES string of the molecule is Cc1cccc(NC(C)(C(N)=O)c2cc(F)cc(F)c2)c1. The molecular formula is C16H16F2N2O. The molecule has 0 aromatic heterocycles. The number of aryl methyl sites for hydroxylation is 1. The molecule has 0 bridgehead atoms. The summed E-state index contributed by atoms with van der Waals surface area (Å²) >= 11 is 0. The summed E-state index contributed by atoms with van der Waals surface area (Å²) in [7, 11) is 0. The Kier molecular flexibility index (Phi) is 3.93. The second-order valence-corrected chi connectivity index (χ2v) is 5.14. The van der Waals surface area contributed by atoms with Crippen LogP contribution >= 0.6 is 0 Å². The monoisotopic (exact) mass is 290 g/mol. The highest BCUT2D eigenvalue weighted by Crippen LogP contribution is 2.27. The highest BCUT2D eigenvalue weighted by molar-refractivity contribution is 5.89. The first-order chi connectivity index (χ1) is 9.81. The molecule has 3 nitrogen and oxygen atoms in total. The van der Waals surface area contributed by atoms with Gasteiger partial charge in [0, 0.05) is 11.8 Å². The van der Waals surface area contributed by atoms with Gasteiger partial charge in [0.15, 0.2) is 0 Å². The molecule has 0 aliphatic rings. The number of benzene rings is 2. The van der Waals surface area contributed by atoms with Gasteiger partial charge in [-0.15, -0.1) is 0 Å². The molecule has 3 N–H and O–H groups in total. The molecule has 0 spiro atoms. The third-order valence-corrected chi connectivity index (χ3v) is 3.35. The van der Waals surface area contributed by atoms with E-state index in [4.69, 9.17) is 5.73 Å². The van der Waals surface area contributed by atoms with Crippen molar-refractivity contribution in [3.63, 3.8) is 0 Å². The first kappa shape index (κ1) is 15.0. The van der Waals surface area contributed by atoms with Crippen LogP contribution in [0.25, 0.3) is 0 Å². The third-order valence-electron chi connectivity index (χ3n) is 3.35. The molecule has 0 fully saturated rings. The molecule has 0 saturated carbocycles. The molecule has 0 heterocycles. The van der Waals surface area contributed by atoms with Gasteiger partial charge < -0.3 is 11.1 Å². The molecule has 2 rings (SSSR count). The quantitative estimate of drug-likeness (QED) is 0.909. The molecule has 2 aromatic carbocycles. The maximum Gasteiger partial charge on any atom is 0.247 e. The first-order valence-corrected chi connectivity index (χ1v) is 6.42. The smallest absolute Gasteiger partial charge is 0.247 e. The van der Waals surface area contributed by atoms with Crippen LogP contribution < -0.4 is 11.1 Å². The molecule has 1 atom stereocenters. The van der Waals surface area contributed by atoms with E-state index in [1.807, 2.05) is 25.1 Å². The van der Waals surface area contributed by atoms with E-state index in [-0.39, 0.29) is 5.56 Å². The summed E-state index contributed by atoms with van der Waals surface area (Å²) in [4.78, 5) is 11.8. The van der Waals surface area contributed by atoms with Gasteiger partial charge in [0.2, 0.25) is 5.91 Å². The van der Waals surface area contributed by atoms with E-state index in [1.54, 1.807) is 6.07 Å². The van der Waals surface area contributed by atoms with E-state index in [0.29, 0.717) is 5.69 Å². The van der Waals surface area contributed by atoms with Gasteiger partial charge in [-0.25, -0.2) is 8.78 Å². The van der Waals surface area contributed by atoms with Crippen molar-refractivity contribution in [2.24, 2.45) is 5.73 Å². The van der Waals surface area contributed by atoms with E-state index in [1.165, 1.54) is 6.92 Å². The van der Waals surface area contributed by atoms with Crippen LogP contribution in [0.3, 0.4) is 0 Å². The zero-order valence-corrected chi connectivity index (χ0v) is 11.8. The number of hydrogen-bond donors (Lipinski definition) is 2. The van der Waals surface area contributed by atoms with Gasteiger partial charge in [-0.1, -0.05) is 12.1 Å². The lowest BCUT2D eigenvalue weighted by Crippen LogP contribution is -2.45. The highest BCUT2D eigenvalue weighted by Gasteiger charge is 2.34. The van der Waals surface area contributed by atoms with Crippen molar-refractivity contribution >= 4 is 11.6 Å². The molecule has 2 aromatic rings. The Hall–Kier alpha value is -2.43. The largest absolute Gasteiger partial charge is 0.368 e. The summed E-state index contributed by atoms with van der Waals surface area (Å²) in [5, 5.41) is 2.96. The van der Waals surface area contributed by atoms with E-state index >= 15 is 0 Å². The third kappa shape index (κ3) is 3.18. The second kappa shape index (κ2) is 5.52. The highest BCUT2D eigenvalue weighted by atomic mass is 19.1. The Morgan fingerprint density at radius 2 is 1.76 bits per heavy atom. The van der Waals surface area contributed by atoms with Crippen LogP contribution in [0, 0.1) is 18.6 Å². The van der Waals surface area contributed by atoms with Crippen molar-refractivity contribution in [3.8, 4) is 0 Å². The minimum Gasteiger partial charge on any atom is -0.368 e. The number of primary amides is 1. The van der Waals surface area contributed by atoms with Gasteiger partial charge in [0.25, 0.3) is 0 Å². The lowest BCUT2D eigenvalue weighted by molar-refractivity contribution is -0.122. The standard InChI is InChI=1S/C16H16F2N2O/c1-10-4-3-5-14(6-10)20-16(2,15(19)21)11-7-12(17)9-13(18)8-11/h3-9,20H,1-2H3,(H2,19,21). The number of carbonyl (C=O) groups excluding carboxylic acids is 1. The molecule has 1 unspecified atom stereocenters. The fraction of sp³-hybridized carbons (Fsp3) is 0.188. The summed E-state index contributed by atoms with van der Waals surface area (Å²) in [6.07, 6.45) is 0. The maximum absolute atomic E-state index is 13.4. The minimum atomic E-state index is -1.42. The number of anilines is 1. The van der Waals surface area contributed by atoms with Gasteiger partial charge >= 0.3 is 0 Å². The van der Waals surface area contributed by atoms with Crippen molar-refractivity contribution in [3.05, 3.63) is 65.2 Å². The van der Waals surface area contributed by atoms with Crippen LogP contribution in [-0.4, -0.2) is 5.91 Å². The van der Waals surface area contributed by atoms with Crippen LogP contribution in [0.15, 0.2) is 42.5 Å². The van der Waals surface area contributed by atoms with Gasteiger partial charge in [-0.2, -0.15) is 0 Å². The van der Waals surface area contributed by atoms with Crippen LogP contribution in [-0.2, 0) is 10.3 Å². The molecule has 0 aliphatic heterocycles. The summed E-state index contributed by atoms with van der Waals surface area (Å²) < 4.78 is 26.8. The number of carbonyl (C=O) groups is 1.